The molecule has 106 valence electrons. The quantitative estimate of drug-likeness (QED) is 0.363. The van der Waals surface area contributed by atoms with E-state index in [-0.39, 0.29) is 0 Å². The van der Waals surface area contributed by atoms with Crippen molar-refractivity contribution in [3.63, 3.8) is 0 Å². The average Bonchev–Trinajstić information content (AvgIpc) is 2.37. The molecule has 0 radical (unpaired) electrons. The van der Waals surface area contributed by atoms with Crippen molar-refractivity contribution in [3.05, 3.63) is 44.0 Å². The van der Waals surface area contributed by atoms with Crippen molar-refractivity contribution in [3.8, 4) is 0 Å². The van der Waals surface area contributed by atoms with Gasteiger partial charge in [-0.3, -0.25) is 20.2 Å². The Morgan fingerprint density at radius 2 is 1.60 bits per heavy atom. The molecule has 10 heteroatoms. The van der Waals surface area contributed by atoms with Crippen molar-refractivity contribution < 1.29 is 24.2 Å². The van der Waals surface area contributed by atoms with Gasteiger partial charge in [0.15, 0.2) is 0 Å². The summed E-state index contributed by atoms with van der Waals surface area (Å²) in [4.78, 5) is 42.1. The maximum atomic E-state index is 11.6. The summed E-state index contributed by atoms with van der Waals surface area (Å²) in [5.74, 6) is -2.30. The van der Waals surface area contributed by atoms with E-state index in [2.05, 4.69) is 4.74 Å². The Morgan fingerprint density at radius 1 is 1.15 bits per heavy atom. The van der Waals surface area contributed by atoms with Gasteiger partial charge in [-0.25, -0.2) is 9.59 Å². The van der Waals surface area contributed by atoms with E-state index < -0.39 is 44.8 Å². The fraction of sp³-hybridized carbons (Fsp3) is 0.200. The fourth-order valence-electron chi connectivity index (χ4n) is 1.17. The summed E-state index contributed by atoms with van der Waals surface area (Å²) in [7, 11) is 0. The predicted molar refractivity (Wildman–Crippen MR) is 63.8 cm³/mol. The normalized spacial score (nSPS) is 11.5. The highest BCUT2D eigenvalue weighted by atomic mass is 16.6. The number of hydrogen-bond donors (Lipinski definition) is 1. The van der Waals surface area contributed by atoms with Crippen LogP contribution < -0.4 is 5.73 Å². The van der Waals surface area contributed by atoms with Crippen LogP contribution >= 0.6 is 0 Å². The summed E-state index contributed by atoms with van der Waals surface area (Å²) in [5, 5.41) is 21.2. The van der Waals surface area contributed by atoms with E-state index in [1.807, 2.05) is 0 Å². The molecule has 1 aromatic carbocycles. The highest BCUT2D eigenvalue weighted by Gasteiger charge is 2.23. The molecule has 1 aromatic rings. The van der Waals surface area contributed by atoms with Gasteiger partial charge in [0.1, 0.15) is 6.04 Å². The summed E-state index contributed by atoms with van der Waals surface area (Å²) in [6.45, 7) is 1.27. The van der Waals surface area contributed by atoms with Crippen LogP contribution in [0.2, 0.25) is 0 Å². The lowest BCUT2D eigenvalue weighted by atomic mass is 10.2. The number of carbonyl (C=O) groups excluding carboxylic acids is 2. The van der Waals surface area contributed by atoms with Crippen LogP contribution in [-0.2, 0) is 9.53 Å². The van der Waals surface area contributed by atoms with Crippen molar-refractivity contribution in [2.75, 3.05) is 0 Å². The molecule has 0 unspecified atom stereocenters. The fourth-order valence-corrected chi connectivity index (χ4v) is 1.17. The van der Waals surface area contributed by atoms with Crippen molar-refractivity contribution >= 4 is 23.3 Å². The van der Waals surface area contributed by atoms with Gasteiger partial charge in [0.05, 0.1) is 21.5 Å². The number of ether oxygens (including phenoxy) is 1. The Kier molecular flexibility index (Phi) is 4.43. The molecule has 0 aliphatic carbocycles. The number of rotatable bonds is 4. The van der Waals surface area contributed by atoms with E-state index in [0.29, 0.717) is 6.07 Å². The van der Waals surface area contributed by atoms with Crippen LogP contribution in [0, 0.1) is 20.2 Å². The minimum Gasteiger partial charge on any atom is -0.388 e. The largest absolute Gasteiger partial charge is 0.388 e. The summed E-state index contributed by atoms with van der Waals surface area (Å²) >= 11 is 0. The monoisotopic (exact) mass is 283 g/mol. The number of benzene rings is 1. The van der Waals surface area contributed by atoms with Gasteiger partial charge in [0.2, 0.25) is 0 Å². The zero-order valence-electron chi connectivity index (χ0n) is 10.1. The molecule has 20 heavy (non-hydrogen) atoms. The Bertz CT molecular complexity index is 564. The minimum atomic E-state index is -1.25. The Labute approximate surface area is 111 Å². The maximum absolute atomic E-state index is 11.6. The average molecular weight is 283 g/mol. The molecule has 0 aliphatic rings. The highest BCUT2D eigenvalue weighted by molar-refractivity contribution is 5.98. The first-order valence-corrected chi connectivity index (χ1v) is 5.18. The van der Waals surface area contributed by atoms with Crippen LogP contribution in [0.1, 0.15) is 17.3 Å². The van der Waals surface area contributed by atoms with E-state index in [1.54, 1.807) is 0 Å². The van der Waals surface area contributed by atoms with Crippen LogP contribution in [0.5, 0.6) is 0 Å². The molecule has 0 bridgehead atoms. The molecular weight excluding hydrogens is 274 g/mol. The lowest BCUT2D eigenvalue weighted by molar-refractivity contribution is -0.394. The van der Waals surface area contributed by atoms with Gasteiger partial charge in [0, 0.05) is 12.1 Å². The zero-order chi connectivity index (χ0) is 15.4. The van der Waals surface area contributed by atoms with Gasteiger partial charge >= 0.3 is 11.9 Å². The number of nitro benzene ring substituents is 2. The second-order valence-electron chi connectivity index (χ2n) is 3.75. The smallest absolute Gasteiger partial charge is 0.346 e. The molecule has 0 heterocycles. The van der Waals surface area contributed by atoms with E-state index in [0.717, 1.165) is 12.1 Å². The van der Waals surface area contributed by atoms with E-state index in [1.165, 1.54) is 6.92 Å². The lowest BCUT2D eigenvalue weighted by Gasteiger charge is -2.05. The third kappa shape index (κ3) is 3.55. The third-order valence-corrected chi connectivity index (χ3v) is 2.12. The zero-order valence-corrected chi connectivity index (χ0v) is 10.1. The molecule has 2 N–H and O–H groups in total. The number of nitrogens with two attached hydrogens (primary N) is 1. The van der Waals surface area contributed by atoms with E-state index in [9.17, 15) is 29.8 Å². The van der Waals surface area contributed by atoms with Gasteiger partial charge in [0.25, 0.3) is 11.4 Å². The molecule has 0 aliphatic heterocycles. The molecule has 0 fully saturated rings. The molecule has 0 amide bonds. The number of esters is 2. The number of hydrogen-bond acceptors (Lipinski definition) is 8. The summed E-state index contributed by atoms with van der Waals surface area (Å²) in [5.41, 5.74) is 3.35. The first-order valence-electron chi connectivity index (χ1n) is 5.18. The molecule has 0 saturated carbocycles. The van der Waals surface area contributed by atoms with Crippen molar-refractivity contribution in [2.45, 2.75) is 13.0 Å². The molecule has 10 nitrogen and oxygen atoms in total. The SMILES string of the molecule is C[C@H](N)C(=O)OC(=O)c1cc([N+](=O)[O-])cc([N+](=O)[O-])c1. The molecule has 1 atom stereocenters. The first kappa shape index (κ1) is 15.2. The predicted octanol–water partition coefficient (Wildman–Crippen LogP) is 0.534. The molecular formula is C10H9N3O7. The molecule has 0 aromatic heterocycles. The van der Waals surface area contributed by atoms with Crippen molar-refractivity contribution in [1.29, 1.82) is 0 Å². The summed E-state index contributed by atoms with van der Waals surface area (Å²) < 4.78 is 4.32. The van der Waals surface area contributed by atoms with Gasteiger partial charge in [-0.05, 0) is 6.92 Å². The van der Waals surface area contributed by atoms with Crippen molar-refractivity contribution in [1.82, 2.24) is 0 Å². The molecule has 1 rings (SSSR count). The second-order valence-corrected chi connectivity index (χ2v) is 3.75. The maximum Gasteiger partial charge on any atom is 0.346 e. The summed E-state index contributed by atoms with van der Waals surface area (Å²) in [6, 6.07) is 1.14. The van der Waals surface area contributed by atoms with Crippen LogP contribution in [0.25, 0.3) is 0 Å². The van der Waals surface area contributed by atoms with E-state index in [4.69, 9.17) is 5.73 Å². The number of non-ortho nitro benzene ring substituents is 2. The van der Waals surface area contributed by atoms with E-state index >= 15 is 0 Å². The van der Waals surface area contributed by atoms with Gasteiger partial charge in [-0.2, -0.15) is 0 Å². The Morgan fingerprint density at radius 3 is 1.95 bits per heavy atom. The lowest BCUT2D eigenvalue weighted by Crippen LogP contribution is -2.30. The van der Waals surface area contributed by atoms with Crippen LogP contribution in [-0.4, -0.2) is 27.8 Å². The van der Waals surface area contributed by atoms with Crippen LogP contribution in [0.3, 0.4) is 0 Å². The summed E-state index contributed by atoms with van der Waals surface area (Å²) in [6.07, 6.45) is 0. The van der Waals surface area contributed by atoms with Gasteiger partial charge in [-0.1, -0.05) is 0 Å². The van der Waals surface area contributed by atoms with Crippen molar-refractivity contribution in [2.24, 2.45) is 5.73 Å². The van der Waals surface area contributed by atoms with Gasteiger partial charge in [-0.15, -0.1) is 0 Å². The topological polar surface area (TPSA) is 156 Å². The third-order valence-electron chi connectivity index (χ3n) is 2.12. The molecule has 0 spiro atoms. The number of carbonyl (C=O) groups is 2. The second kappa shape index (κ2) is 5.84. The van der Waals surface area contributed by atoms with Crippen LogP contribution in [0.4, 0.5) is 11.4 Å². The minimum absolute atomic E-state index is 0.486. The Balaban J connectivity index is 3.17. The number of nitro groups is 2. The number of nitrogens with zero attached hydrogens (tertiary/aromatic N) is 2. The van der Waals surface area contributed by atoms with Crippen LogP contribution in [0.15, 0.2) is 18.2 Å². The molecule has 0 saturated heterocycles. The standard InChI is InChI=1S/C10H9N3O7/c1-5(11)9(14)20-10(15)6-2-7(12(16)17)4-8(3-6)13(18)19/h2-5H,11H2,1H3/t5-/m0/s1. The highest BCUT2D eigenvalue weighted by Crippen LogP contribution is 2.23. The first-order chi connectivity index (χ1) is 9.22. The van der Waals surface area contributed by atoms with Gasteiger partial charge < -0.3 is 10.5 Å². The Hall–Kier alpha value is -2.88.